The molecule has 2 aromatic carbocycles. The first kappa shape index (κ1) is 17.3. The van der Waals surface area contributed by atoms with Crippen LogP contribution in [0, 0.1) is 0 Å². The van der Waals surface area contributed by atoms with Gasteiger partial charge in [-0.25, -0.2) is 0 Å². The Bertz CT molecular complexity index is 951. The lowest BCUT2D eigenvalue weighted by Crippen LogP contribution is -2.36. The molecule has 1 aromatic heterocycles. The number of nitrogens with zero attached hydrogens (tertiary/aromatic N) is 3. The number of aromatic nitrogens is 2. The highest BCUT2D eigenvalue weighted by Gasteiger charge is 2.21. The van der Waals surface area contributed by atoms with Gasteiger partial charge in [0.15, 0.2) is 0 Å². The maximum absolute atomic E-state index is 12.6. The molecule has 4 rings (SSSR count). The first-order valence-corrected chi connectivity index (χ1v) is 9.05. The molecule has 138 valence electrons. The Hall–Kier alpha value is -3.15. The number of ether oxygens (including phenoxy) is 1. The van der Waals surface area contributed by atoms with Crippen molar-refractivity contribution in [3.05, 3.63) is 65.5 Å². The summed E-state index contributed by atoms with van der Waals surface area (Å²) in [5, 5.41) is 4.02. The van der Waals surface area contributed by atoms with Crippen molar-refractivity contribution >= 4 is 5.91 Å². The van der Waals surface area contributed by atoms with E-state index in [1.807, 2.05) is 41.3 Å². The molecular formula is C21H21N3O3. The minimum atomic E-state index is 0.113. The van der Waals surface area contributed by atoms with Crippen molar-refractivity contribution in [3.63, 3.8) is 0 Å². The lowest BCUT2D eigenvalue weighted by atomic mass is 9.99. The number of hydrogen-bond acceptors (Lipinski definition) is 5. The maximum Gasteiger partial charge on any atom is 0.227 e. The second-order valence-electron chi connectivity index (χ2n) is 6.55. The van der Waals surface area contributed by atoms with Crippen LogP contribution in [0.25, 0.3) is 11.4 Å². The standard InChI is InChI=1S/C21H21N3O3/c1-26-18-9-5-4-8-17(18)21-22-19(27-23-21)10-11-20(25)24-13-12-15-6-2-3-7-16(15)14-24/h2-9H,10-14H2,1H3. The van der Waals surface area contributed by atoms with Gasteiger partial charge >= 0.3 is 0 Å². The van der Waals surface area contributed by atoms with E-state index >= 15 is 0 Å². The van der Waals surface area contributed by atoms with Crippen LogP contribution >= 0.6 is 0 Å². The molecule has 0 atom stereocenters. The third-order valence-corrected chi connectivity index (χ3v) is 4.85. The lowest BCUT2D eigenvalue weighted by molar-refractivity contribution is -0.132. The van der Waals surface area contributed by atoms with Crippen LogP contribution in [0.15, 0.2) is 53.1 Å². The number of carbonyl (C=O) groups excluding carboxylic acids is 1. The zero-order valence-corrected chi connectivity index (χ0v) is 15.2. The van der Waals surface area contributed by atoms with Crippen molar-refractivity contribution < 1.29 is 14.1 Å². The zero-order chi connectivity index (χ0) is 18.6. The van der Waals surface area contributed by atoms with E-state index in [2.05, 4.69) is 22.3 Å². The van der Waals surface area contributed by atoms with E-state index < -0.39 is 0 Å². The lowest BCUT2D eigenvalue weighted by Gasteiger charge is -2.28. The predicted molar refractivity (Wildman–Crippen MR) is 100 cm³/mol. The third-order valence-electron chi connectivity index (χ3n) is 4.85. The topological polar surface area (TPSA) is 68.5 Å². The predicted octanol–water partition coefficient (Wildman–Crippen LogP) is 3.26. The summed E-state index contributed by atoms with van der Waals surface area (Å²) in [6.07, 6.45) is 1.69. The highest BCUT2D eigenvalue weighted by atomic mass is 16.5. The Kier molecular flexibility index (Phi) is 4.87. The second-order valence-corrected chi connectivity index (χ2v) is 6.55. The number of rotatable bonds is 5. The first-order chi connectivity index (χ1) is 13.2. The molecular weight excluding hydrogens is 342 g/mol. The summed E-state index contributed by atoms with van der Waals surface area (Å²) >= 11 is 0. The molecule has 0 aliphatic carbocycles. The first-order valence-electron chi connectivity index (χ1n) is 9.05. The molecule has 6 nitrogen and oxygen atoms in total. The fraction of sp³-hybridized carbons (Fsp3) is 0.286. The van der Waals surface area contributed by atoms with Crippen LogP contribution in [-0.4, -0.2) is 34.6 Å². The summed E-state index contributed by atoms with van der Waals surface area (Å²) in [6, 6.07) is 15.8. The van der Waals surface area contributed by atoms with Crippen molar-refractivity contribution in [2.45, 2.75) is 25.8 Å². The van der Waals surface area contributed by atoms with Gasteiger partial charge in [0, 0.05) is 25.9 Å². The van der Waals surface area contributed by atoms with E-state index in [9.17, 15) is 4.79 Å². The largest absolute Gasteiger partial charge is 0.496 e. The van der Waals surface area contributed by atoms with Gasteiger partial charge in [0.2, 0.25) is 17.6 Å². The molecule has 2 heterocycles. The van der Waals surface area contributed by atoms with Gasteiger partial charge in [-0.1, -0.05) is 41.6 Å². The molecule has 0 radical (unpaired) electrons. The van der Waals surface area contributed by atoms with Gasteiger partial charge in [-0.05, 0) is 29.7 Å². The summed E-state index contributed by atoms with van der Waals surface area (Å²) in [5.74, 6) is 1.73. The molecule has 1 aliphatic rings. The number of amides is 1. The molecule has 3 aromatic rings. The number of aryl methyl sites for hydroxylation is 1. The Morgan fingerprint density at radius 3 is 2.78 bits per heavy atom. The van der Waals surface area contributed by atoms with Crippen molar-refractivity contribution in [2.75, 3.05) is 13.7 Å². The van der Waals surface area contributed by atoms with Crippen LogP contribution in [0.2, 0.25) is 0 Å². The van der Waals surface area contributed by atoms with Crippen LogP contribution in [0.5, 0.6) is 5.75 Å². The van der Waals surface area contributed by atoms with Crippen LogP contribution < -0.4 is 4.74 Å². The molecule has 0 N–H and O–H groups in total. The van der Waals surface area contributed by atoms with E-state index in [0.717, 1.165) is 18.5 Å². The average molecular weight is 363 g/mol. The van der Waals surface area contributed by atoms with E-state index in [1.54, 1.807) is 7.11 Å². The van der Waals surface area contributed by atoms with Crippen molar-refractivity contribution in [1.29, 1.82) is 0 Å². The number of methoxy groups -OCH3 is 1. The van der Waals surface area contributed by atoms with Gasteiger partial charge in [0.25, 0.3) is 0 Å². The number of benzene rings is 2. The van der Waals surface area contributed by atoms with Crippen LogP contribution in [0.1, 0.15) is 23.4 Å². The molecule has 0 fully saturated rings. The molecule has 27 heavy (non-hydrogen) atoms. The Morgan fingerprint density at radius 1 is 1.15 bits per heavy atom. The zero-order valence-electron chi connectivity index (χ0n) is 15.2. The van der Waals surface area contributed by atoms with E-state index in [1.165, 1.54) is 11.1 Å². The highest BCUT2D eigenvalue weighted by molar-refractivity contribution is 5.76. The Balaban J connectivity index is 1.38. The highest BCUT2D eigenvalue weighted by Crippen LogP contribution is 2.27. The van der Waals surface area contributed by atoms with Gasteiger partial charge in [0.1, 0.15) is 5.75 Å². The van der Waals surface area contributed by atoms with Gasteiger partial charge in [-0.3, -0.25) is 4.79 Å². The molecule has 0 spiro atoms. The Morgan fingerprint density at radius 2 is 1.93 bits per heavy atom. The average Bonchev–Trinajstić information content (AvgIpc) is 3.20. The minimum absolute atomic E-state index is 0.113. The molecule has 0 saturated heterocycles. The molecule has 1 aliphatic heterocycles. The monoisotopic (exact) mass is 363 g/mol. The maximum atomic E-state index is 12.6. The van der Waals surface area contributed by atoms with Crippen LogP contribution in [0.3, 0.4) is 0 Å². The molecule has 1 amide bonds. The molecule has 0 bridgehead atoms. The fourth-order valence-corrected chi connectivity index (χ4v) is 3.38. The third kappa shape index (κ3) is 3.69. The SMILES string of the molecule is COc1ccccc1-c1noc(CCC(=O)N2CCc3ccccc3C2)n1. The van der Waals surface area contributed by atoms with Crippen molar-refractivity contribution in [3.8, 4) is 17.1 Å². The van der Waals surface area contributed by atoms with Gasteiger partial charge < -0.3 is 14.2 Å². The fourth-order valence-electron chi connectivity index (χ4n) is 3.38. The molecule has 0 saturated carbocycles. The molecule has 0 unspecified atom stereocenters. The summed E-state index contributed by atoms with van der Waals surface area (Å²) in [6.45, 7) is 1.43. The number of fused-ring (bicyclic) bond motifs is 1. The van der Waals surface area contributed by atoms with Crippen LogP contribution in [-0.2, 0) is 24.2 Å². The molecule has 6 heteroatoms. The number of para-hydroxylation sites is 1. The summed E-state index contributed by atoms with van der Waals surface area (Å²) in [7, 11) is 1.61. The summed E-state index contributed by atoms with van der Waals surface area (Å²) in [4.78, 5) is 18.9. The van der Waals surface area contributed by atoms with E-state index in [-0.39, 0.29) is 5.91 Å². The summed E-state index contributed by atoms with van der Waals surface area (Å²) in [5.41, 5.74) is 3.34. The second kappa shape index (κ2) is 7.61. The number of carbonyl (C=O) groups is 1. The summed E-state index contributed by atoms with van der Waals surface area (Å²) < 4.78 is 10.7. The van der Waals surface area contributed by atoms with Crippen molar-refractivity contribution in [2.24, 2.45) is 0 Å². The van der Waals surface area contributed by atoms with Crippen molar-refractivity contribution in [1.82, 2.24) is 15.0 Å². The quantitative estimate of drug-likeness (QED) is 0.696. The number of hydrogen-bond donors (Lipinski definition) is 0. The smallest absolute Gasteiger partial charge is 0.227 e. The van der Waals surface area contributed by atoms with Gasteiger partial charge in [0.05, 0.1) is 12.7 Å². The van der Waals surface area contributed by atoms with Gasteiger partial charge in [-0.15, -0.1) is 0 Å². The Labute approximate surface area is 157 Å². The minimum Gasteiger partial charge on any atom is -0.496 e. The van der Waals surface area contributed by atoms with Gasteiger partial charge in [-0.2, -0.15) is 4.98 Å². The van der Waals surface area contributed by atoms with Crippen LogP contribution in [0.4, 0.5) is 0 Å². The van der Waals surface area contributed by atoms with E-state index in [0.29, 0.717) is 36.9 Å². The van der Waals surface area contributed by atoms with E-state index in [4.69, 9.17) is 9.26 Å². The normalized spacial score (nSPS) is 13.3.